The smallest absolute Gasteiger partial charge is 0.383 e. The molecule has 0 aliphatic rings. The van der Waals surface area contributed by atoms with Crippen LogP contribution in [0.25, 0.3) is 28.2 Å². The highest BCUT2D eigenvalue weighted by Crippen LogP contribution is 2.35. The molecule has 0 saturated heterocycles. The molecule has 3 aromatic heterocycles. The average molecular weight is 433 g/mol. The van der Waals surface area contributed by atoms with E-state index in [-0.39, 0.29) is 16.2 Å². The second kappa shape index (κ2) is 6.80. The summed E-state index contributed by atoms with van der Waals surface area (Å²) in [6.07, 6.45) is -0.765. The normalized spacial score (nSPS) is 12.4. The largest absolute Gasteiger partial charge is 0.419 e. The number of halogens is 3. The van der Waals surface area contributed by atoms with Gasteiger partial charge in [-0.05, 0) is 30.3 Å². The minimum atomic E-state index is -4.64. The zero-order valence-corrected chi connectivity index (χ0v) is 16.2. The Balaban J connectivity index is 1.81. The first-order chi connectivity index (χ1) is 14.0. The Hall–Kier alpha value is -3.47. The van der Waals surface area contributed by atoms with Crippen molar-refractivity contribution in [2.75, 3.05) is 12.0 Å². The highest BCUT2D eigenvalue weighted by molar-refractivity contribution is 7.90. The molecule has 0 aliphatic heterocycles. The van der Waals surface area contributed by atoms with Crippen molar-refractivity contribution in [2.24, 2.45) is 0 Å². The van der Waals surface area contributed by atoms with E-state index in [1.54, 1.807) is 24.4 Å². The Morgan fingerprint density at radius 1 is 0.967 bits per heavy atom. The van der Waals surface area contributed by atoms with E-state index in [0.717, 1.165) is 12.3 Å². The minimum absolute atomic E-state index is 0.144. The molecule has 4 rings (SSSR count). The van der Waals surface area contributed by atoms with Crippen molar-refractivity contribution in [1.82, 2.24) is 19.6 Å². The van der Waals surface area contributed by atoms with Gasteiger partial charge >= 0.3 is 6.18 Å². The van der Waals surface area contributed by atoms with Gasteiger partial charge in [0.15, 0.2) is 15.5 Å². The summed E-state index contributed by atoms with van der Waals surface area (Å²) in [4.78, 5) is 8.05. The molecule has 0 fully saturated rings. The Morgan fingerprint density at radius 2 is 1.67 bits per heavy atom. The van der Waals surface area contributed by atoms with Gasteiger partial charge in [0.2, 0.25) is 0 Å². The van der Waals surface area contributed by atoms with E-state index < -0.39 is 27.4 Å². The van der Waals surface area contributed by atoms with Gasteiger partial charge in [0.25, 0.3) is 0 Å². The molecule has 154 valence electrons. The molecule has 0 atom stereocenters. The summed E-state index contributed by atoms with van der Waals surface area (Å²) in [5, 5.41) is 4.39. The summed E-state index contributed by atoms with van der Waals surface area (Å²) < 4.78 is 64.2. The van der Waals surface area contributed by atoms with Crippen molar-refractivity contribution >= 4 is 21.3 Å². The molecule has 3 heterocycles. The van der Waals surface area contributed by atoms with Crippen LogP contribution in [0.15, 0.2) is 59.8 Å². The predicted octanol–water partition coefficient (Wildman–Crippen LogP) is 3.46. The molecule has 4 aromatic rings. The fraction of sp³-hybridized carbons (Fsp3) is 0.105. The van der Waals surface area contributed by atoms with Crippen LogP contribution >= 0.6 is 0 Å². The Morgan fingerprint density at radius 3 is 2.30 bits per heavy atom. The first-order valence-corrected chi connectivity index (χ1v) is 10.4. The van der Waals surface area contributed by atoms with Crippen molar-refractivity contribution < 1.29 is 21.6 Å². The van der Waals surface area contributed by atoms with Crippen LogP contribution < -0.4 is 5.73 Å². The van der Waals surface area contributed by atoms with Gasteiger partial charge in [-0.15, -0.1) is 0 Å². The van der Waals surface area contributed by atoms with Crippen LogP contribution in [0.5, 0.6) is 0 Å². The molecule has 7 nitrogen and oxygen atoms in total. The lowest BCUT2D eigenvalue weighted by atomic mass is 10.1. The average Bonchev–Trinajstić information content (AvgIpc) is 3.10. The topological polar surface area (TPSA) is 103 Å². The standard InChI is InChI=1S/C19H14F3N5O2S/c1-30(28,29)13-4-2-11(3-5-13)16-10-24-17-7-6-15(26-27(16)17)12-8-14(19(20,21)22)18(23)25-9-12/h2-10H,1H3,(H2,23,25). The number of nitrogens with zero attached hydrogens (tertiary/aromatic N) is 4. The van der Waals surface area contributed by atoms with Crippen LogP contribution in [0.3, 0.4) is 0 Å². The number of anilines is 1. The third kappa shape index (κ3) is 3.59. The molecule has 0 radical (unpaired) electrons. The van der Waals surface area contributed by atoms with Gasteiger partial charge < -0.3 is 5.73 Å². The molecule has 11 heteroatoms. The van der Waals surface area contributed by atoms with Crippen molar-refractivity contribution in [3.05, 3.63) is 60.4 Å². The first-order valence-electron chi connectivity index (χ1n) is 8.52. The van der Waals surface area contributed by atoms with Crippen LogP contribution in [-0.2, 0) is 16.0 Å². The second-order valence-electron chi connectivity index (χ2n) is 6.58. The Kier molecular flexibility index (Phi) is 4.49. The molecule has 1 aromatic carbocycles. The van der Waals surface area contributed by atoms with Gasteiger partial charge in [0.1, 0.15) is 5.82 Å². The quantitative estimate of drug-likeness (QED) is 0.531. The summed E-state index contributed by atoms with van der Waals surface area (Å²) in [5.41, 5.74) is 6.37. The van der Waals surface area contributed by atoms with Crippen molar-refractivity contribution in [2.45, 2.75) is 11.1 Å². The molecule has 0 unspecified atom stereocenters. The van der Waals surface area contributed by atoms with Crippen molar-refractivity contribution in [3.8, 4) is 22.5 Å². The fourth-order valence-corrected chi connectivity index (χ4v) is 3.57. The summed E-state index contributed by atoms with van der Waals surface area (Å²) in [5.74, 6) is -0.610. The molecule has 0 aliphatic carbocycles. The van der Waals surface area contributed by atoms with Gasteiger partial charge in [-0.25, -0.2) is 22.9 Å². The minimum Gasteiger partial charge on any atom is -0.383 e. The number of fused-ring (bicyclic) bond motifs is 1. The molecule has 2 N–H and O–H groups in total. The third-order valence-electron chi connectivity index (χ3n) is 4.46. The summed E-state index contributed by atoms with van der Waals surface area (Å²) in [7, 11) is -3.34. The first kappa shape index (κ1) is 19.8. The third-order valence-corrected chi connectivity index (χ3v) is 5.59. The number of aromatic nitrogens is 4. The van der Waals surface area contributed by atoms with E-state index in [9.17, 15) is 21.6 Å². The maximum Gasteiger partial charge on any atom is 0.419 e. The van der Waals surface area contributed by atoms with E-state index in [2.05, 4.69) is 15.1 Å². The number of nitrogen functional groups attached to an aromatic ring is 1. The number of hydrogen-bond donors (Lipinski definition) is 1. The van der Waals surface area contributed by atoms with Gasteiger partial charge in [-0.3, -0.25) is 0 Å². The van der Waals surface area contributed by atoms with Crippen LogP contribution in [0.4, 0.5) is 19.0 Å². The number of sulfone groups is 1. The number of alkyl halides is 3. The van der Waals surface area contributed by atoms with Crippen LogP contribution in [0.2, 0.25) is 0 Å². The monoisotopic (exact) mass is 433 g/mol. The number of imidazole rings is 1. The van der Waals surface area contributed by atoms with E-state index in [4.69, 9.17) is 5.73 Å². The summed E-state index contributed by atoms with van der Waals surface area (Å²) >= 11 is 0. The maximum absolute atomic E-state index is 13.2. The van der Waals surface area contributed by atoms with E-state index in [1.165, 1.54) is 28.9 Å². The molecule has 0 saturated carbocycles. The van der Waals surface area contributed by atoms with Gasteiger partial charge in [-0.1, -0.05) is 12.1 Å². The molecule has 0 amide bonds. The van der Waals surface area contributed by atoms with Crippen LogP contribution in [0.1, 0.15) is 5.56 Å². The lowest BCUT2D eigenvalue weighted by Crippen LogP contribution is -2.10. The van der Waals surface area contributed by atoms with Crippen LogP contribution in [-0.4, -0.2) is 34.3 Å². The fourth-order valence-electron chi connectivity index (χ4n) is 2.94. The molecule has 0 spiro atoms. The van der Waals surface area contributed by atoms with Crippen LogP contribution in [0, 0.1) is 0 Å². The highest BCUT2D eigenvalue weighted by Gasteiger charge is 2.34. The highest BCUT2D eigenvalue weighted by atomic mass is 32.2. The number of pyridine rings is 1. The number of benzene rings is 1. The van der Waals surface area contributed by atoms with Gasteiger partial charge in [0.05, 0.1) is 28.0 Å². The Labute approximate surface area is 168 Å². The maximum atomic E-state index is 13.2. The number of nitrogens with two attached hydrogens (primary N) is 1. The summed E-state index contributed by atoms with van der Waals surface area (Å²) in [6, 6.07) is 10.2. The van der Waals surface area contributed by atoms with Gasteiger partial charge in [0, 0.05) is 23.6 Å². The lowest BCUT2D eigenvalue weighted by Gasteiger charge is -2.11. The van der Waals surface area contributed by atoms with E-state index >= 15 is 0 Å². The van der Waals surface area contributed by atoms with Gasteiger partial charge in [-0.2, -0.15) is 18.3 Å². The SMILES string of the molecule is CS(=O)(=O)c1ccc(-c2cnc3ccc(-c4cnc(N)c(C(F)(F)F)c4)nn23)cc1. The number of rotatable bonds is 3. The molecular weight excluding hydrogens is 419 g/mol. The number of hydrogen-bond acceptors (Lipinski definition) is 6. The molecule has 30 heavy (non-hydrogen) atoms. The predicted molar refractivity (Wildman–Crippen MR) is 104 cm³/mol. The Bertz CT molecular complexity index is 1360. The van der Waals surface area contributed by atoms with Crippen molar-refractivity contribution in [1.29, 1.82) is 0 Å². The van der Waals surface area contributed by atoms with E-state index in [0.29, 0.717) is 16.9 Å². The molecule has 0 bridgehead atoms. The summed E-state index contributed by atoms with van der Waals surface area (Å²) in [6.45, 7) is 0. The van der Waals surface area contributed by atoms with E-state index in [1.807, 2.05) is 0 Å². The zero-order valence-electron chi connectivity index (χ0n) is 15.4. The zero-order chi connectivity index (χ0) is 21.7. The van der Waals surface area contributed by atoms with Crippen molar-refractivity contribution in [3.63, 3.8) is 0 Å². The lowest BCUT2D eigenvalue weighted by molar-refractivity contribution is -0.137. The molecular formula is C19H14F3N5O2S. The second-order valence-corrected chi connectivity index (χ2v) is 8.60.